The first kappa shape index (κ1) is 17.3. The van der Waals surface area contributed by atoms with Crippen LogP contribution >= 0.6 is 7.92 Å². The van der Waals surface area contributed by atoms with Crippen LogP contribution in [0.5, 0.6) is 17.2 Å². The van der Waals surface area contributed by atoms with E-state index in [0.29, 0.717) is 0 Å². The predicted molar refractivity (Wildman–Crippen MR) is 105 cm³/mol. The molecule has 3 rings (SSSR count). The average Bonchev–Trinajstić information content (AvgIpc) is 2.69. The Kier molecular flexibility index (Phi) is 5.57. The highest BCUT2D eigenvalue weighted by Crippen LogP contribution is 2.41. The summed E-state index contributed by atoms with van der Waals surface area (Å²) >= 11 is 0. The molecular formula is C21H21O3P. The van der Waals surface area contributed by atoms with Crippen LogP contribution in [0, 0.1) is 0 Å². The number of rotatable bonds is 6. The highest BCUT2D eigenvalue weighted by atomic mass is 31.1. The molecule has 0 aromatic heterocycles. The normalized spacial score (nSPS) is 10.6. The van der Waals surface area contributed by atoms with Crippen LogP contribution in [-0.4, -0.2) is 21.3 Å². The molecule has 0 spiro atoms. The summed E-state index contributed by atoms with van der Waals surface area (Å²) in [5, 5.41) is 3.40. The highest BCUT2D eigenvalue weighted by Gasteiger charge is 2.25. The monoisotopic (exact) mass is 352 g/mol. The van der Waals surface area contributed by atoms with E-state index in [2.05, 4.69) is 18.2 Å². The maximum absolute atomic E-state index is 5.65. The van der Waals surface area contributed by atoms with Gasteiger partial charge >= 0.3 is 0 Å². The topological polar surface area (TPSA) is 27.7 Å². The lowest BCUT2D eigenvalue weighted by Crippen LogP contribution is -2.24. The lowest BCUT2D eigenvalue weighted by Gasteiger charge is -2.24. The summed E-state index contributed by atoms with van der Waals surface area (Å²) in [5.41, 5.74) is 0. The fourth-order valence-corrected chi connectivity index (χ4v) is 5.48. The third-order valence-electron chi connectivity index (χ3n) is 3.98. The van der Waals surface area contributed by atoms with Crippen LogP contribution in [0.2, 0.25) is 0 Å². The molecule has 0 atom stereocenters. The number of hydrogen-bond acceptors (Lipinski definition) is 3. The van der Waals surface area contributed by atoms with E-state index in [9.17, 15) is 0 Å². The van der Waals surface area contributed by atoms with Gasteiger partial charge in [0.25, 0.3) is 0 Å². The van der Waals surface area contributed by atoms with Crippen LogP contribution in [0.3, 0.4) is 0 Å². The van der Waals surface area contributed by atoms with Crippen molar-refractivity contribution in [1.82, 2.24) is 0 Å². The van der Waals surface area contributed by atoms with E-state index in [0.717, 1.165) is 33.2 Å². The first-order chi connectivity index (χ1) is 12.3. The van der Waals surface area contributed by atoms with Crippen LogP contribution in [-0.2, 0) is 0 Å². The zero-order valence-electron chi connectivity index (χ0n) is 14.6. The Labute approximate surface area is 149 Å². The van der Waals surface area contributed by atoms with E-state index < -0.39 is 7.92 Å². The number of methoxy groups -OCH3 is 3. The van der Waals surface area contributed by atoms with Gasteiger partial charge in [-0.1, -0.05) is 54.6 Å². The molecule has 0 aliphatic rings. The molecule has 0 bridgehead atoms. The van der Waals surface area contributed by atoms with Gasteiger partial charge in [0.15, 0.2) is 0 Å². The van der Waals surface area contributed by atoms with E-state index in [-0.39, 0.29) is 0 Å². The zero-order chi connectivity index (χ0) is 17.6. The van der Waals surface area contributed by atoms with Crippen molar-refractivity contribution < 1.29 is 14.2 Å². The highest BCUT2D eigenvalue weighted by molar-refractivity contribution is 7.80. The van der Waals surface area contributed by atoms with Gasteiger partial charge in [0, 0.05) is 15.9 Å². The molecule has 0 radical (unpaired) electrons. The molecule has 0 heterocycles. The van der Waals surface area contributed by atoms with Gasteiger partial charge in [-0.2, -0.15) is 0 Å². The fourth-order valence-electron chi connectivity index (χ4n) is 2.83. The van der Waals surface area contributed by atoms with E-state index in [1.807, 2.05) is 54.6 Å². The molecule has 0 unspecified atom stereocenters. The zero-order valence-corrected chi connectivity index (χ0v) is 15.5. The molecule has 0 fully saturated rings. The summed E-state index contributed by atoms with van der Waals surface area (Å²) in [6, 6.07) is 24.4. The average molecular weight is 352 g/mol. The second kappa shape index (κ2) is 8.04. The summed E-state index contributed by atoms with van der Waals surface area (Å²) in [5.74, 6) is 2.60. The number of benzene rings is 3. The summed E-state index contributed by atoms with van der Waals surface area (Å²) in [4.78, 5) is 0. The molecule has 0 aliphatic carbocycles. The molecule has 3 aromatic carbocycles. The maximum Gasteiger partial charge on any atom is 0.127 e. The molecule has 25 heavy (non-hydrogen) atoms. The first-order valence-corrected chi connectivity index (χ1v) is 9.33. The number of para-hydroxylation sites is 3. The van der Waals surface area contributed by atoms with E-state index in [1.165, 1.54) is 0 Å². The van der Waals surface area contributed by atoms with Crippen LogP contribution in [0.4, 0.5) is 0 Å². The minimum atomic E-state index is -0.901. The Morgan fingerprint density at radius 3 is 1.04 bits per heavy atom. The quantitative estimate of drug-likeness (QED) is 0.636. The predicted octanol–water partition coefficient (Wildman–Crippen LogP) is 3.47. The molecule has 0 saturated heterocycles. The van der Waals surface area contributed by atoms with Crippen molar-refractivity contribution in [2.45, 2.75) is 0 Å². The third kappa shape index (κ3) is 3.47. The van der Waals surface area contributed by atoms with Gasteiger partial charge in [0.1, 0.15) is 17.2 Å². The maximum atomic E-state index is 5.65. The van der Waals surface area contributed by atoms with Gasteiger partial charge in [-0.3, -0.25) is 0 Å². The third-order valence-corrected chi connectivity index (χ3v) is 6.53. The molecule has 128 valence electrons. The standard InChI is InChI=1S/C21H21O3P/c1-22-16-10-4-7-13-19(16)25(20-14-8-5-11-17(20)23-2)21-15-9-6-12-18(21)24-3/h4-15H,1-3H3. The van der Waals surface area contributed by atoms with Crippen molar-refractivity contribution in [1.29, 1.82) is 0 Å². The van der Waals surface area contributed by atoms with Crippen LogP contribution < -0.4 is 30.1 Å². The summed E-state index contributed by atoms with van der Waals surface area (Å²) < 4.78 is 17.0. The van der Waals surface area contributed by atoms with Crippen LogP contribution in [0.25, 0.3) is 0 Å². The van der Waals surface area contributed by atoms with Crippen molar-refractivity contribution in [2.75, 3.05) is 21.3 Å². The van der Waals surface area contributed by atoms with Crippen LogP contribution in [0.15, 0.2) is 72.8 Å². The minimum Gasteiger partial charge on any atom is -0.496 e. The van der Waals surface area contributed by atoms with Crippen molar-refractivity contribution >= 4 is 23.8 Å². The van der Waals surface area contributed by atoms with Crippen molar-refractivity contribution in [3.05, 3.63) is 72.8 Å². The van der Waals surface area contributed by atoms with Gasteiger partial charge in [0.05, 0.1) is 21.3 Å². The molecule has 4 heteroatoms. The van der Waals surface area contributed by atoms with E-state index in [4.69, 9.17) is 14.2 Å². The molecule has 3 nitrogen and oxygen atoms in total. The summed E-state index contributed by atoms with van der Waals surface area (Å²) in [6.07, 6.45) is 0. The lowest BCUT2D eigenvalue weighted by molar-refractivity contribution is 0.416. The summed E-state index contributed by atoms with van der Waals surface area (Å²) in [6.45, 7) is 0. The second-order valence-corrected chi connectivity index (χ2v) is 7.47. The Bertz CT molecular complexity index is 735. The van der Waals surface area contributed by atoms with Gasteiger partial charge in [-0.15, -0.1) is 0 Å². The summed E-state index contributed by atoms with van der Waals surface area (Å²) in [7, 11) is 4.21. The fraction of sp³-hybridized carbons (Fsp3) is 0.143. The molecule has 0 saturated carbocycles. The lowest BCUT2D eigenvalue weighted by atomic mass is 10.3. The minimum absolute atomic E-state index is 0.866. The van der Waals surface area contributed by atoms with Crippen molar-refractivity contribution in [2.24, 2.45) is 0 Å². The molecule has 0 amide bonds. The van der Waals surface area contributed by atoms with Gasteiger partial charge < -0.3 is 14.2 Å². The SMILES string of the molecule is COc1ccccc1P(c1ccccc1OC)c1ccccc1OC. The molecule has 0 N–H and O–H groups in total. The number of hydrogen-bond donors (Lipinski definition) is 0. The largest absolute Gasteiger partial charge is 0.496 e. The first-order valence-electron chi connectivity index (χ1n) is 7.99. The van der Waals surface area contributed by atoms with E-state index in [1.54, 1.807) is 21.3 Å². The van der Waals surface area contributed by atoms with Gasteiger partial charge in [-0.05, 0) is 26.1 Å². The van der Waals surface area contributed by atoms with Crippen molar-refractivity contribution in [3.8, 4) is 17.2 Å². The second-order valence-electron chi connectivity index (χ2n) is 5.35. The molecular weight excluding hydrogens is 331 g/mol. The molecule has 0 aliphatic heterocycles. The smallest absolute Gasteiger partial charge is 0.127 e. The van der Waals surface area contributed by atoms with Gasteiger partial charge in [0.2, 0.25) is 0 Å². The van der Waals surface area contributed by atoms with Crippen LogP contribution in [0.1, 0.15) is 0 Å². The van der Waals surface area contributed by atoms with E-state index >= 15 is 0 Å². The van der Waals surface area contributed by atoms with Gasteiger partial charge in [-0.25, -0.2) is 0 Å². The Morgan fingerprint density at radius 1 is 0.480 bits per heavy atom. The van der Waals surface area contributed by atoms with Crippen molar-refractivity contribution in [3.63, 3.8) is 0 Å². The Morgan fingerprint density at radius 2 is 0.760 bits per heavy atom. The number of ether oxygens (including phenoxy) is 3. The molecule has 3 aromatic rings. The Hall–Kier alpha value is -2.51. The Balaban J connectivity index is 2.29.